The highest BCUT2D eigenvalue weighted by Gasteiger charge is 2.44. The minimum Gasteiger partial charge on any atom is -0.504 e. The molecule has 1 N–H and O–H groups in total. The number of thiophene rings is 1. The Bertz CT molecular complexity index is 1170. The lowest BCUT2D eigenvalue weighted by molar-refractivity contribution is 0.405. The number of nitrogens with zero attached hydrogens (tertiary/aromatic N) is 1. The Hall–Kier alpha value is -2.40. The fourth-order valence-electron chi connectivity index (χ4n) is 4.44. The molecule has 2 heterocycles. The van der Waals surface area contributed by atoms with Crippen LogP contribution in [0, 0.1) is 0 Å². The van der Waals surface area contributed by atoms with Crippen molar-refractivity contribution in [2.45, 2.75) is 57.9 Å². The normalized spacial score (nSPS) is 18.4. The zero-order valence-corrected chi connectivity index (χ0v) is 18.6. The van der Waals surface area contributed by atoms with Crippen molar-refractivity contribution in [3.63, 3.8) is 0 Å². The molecule has 1 aromatic heterocycles. The Kier molecular flexibility index (Phi) is 4.32. The SMILES string of the molecule is CN1c2ccc(-c3ccc(C(C)(C)C)s3)cc2C(C)(C)C1Cc1c(O)c(=O)c1=O. The largest absolute Gasteiger partial charge is 0.504 e. The fourth-order valence-corrected chi connectivity index (χ4v) is 5.50. The average Bonchev–Trinajstić information content (AvgIpc) is 3.23. The average molecular weight is 410 g/mol. The van der Waals surface area contributed by atoms with E-state index in [1.807, 2.05) is 18.4 Å². The second kappa shape index (κ2) is 6.30. The predicted molar refractivity (Wildman–Crippen MR) is 120 cm³/mol. The van der Waals surface area contributed by atoms with Gasteiger partial charge < -0.3 is 10.0 Å². The molecule has 1 atom stereocenters. The molecule has 0 radical (unpaired) electrons. The third-order valence-corrected chi connectivity index (χ3v) is 7.94. The molecule has 2 aromatic carbocycles. The van der Waals surface area contributed by atoms with Gasteiger partial charge in [-0.3, -0.25) is 9.59 Å². The first-order valence-electron chi connectivity index (χ1n) is 9.92. The van der Waals surface area contributed by atoms with Gasteiger partial charge in [-0.15, -0.1) is 11.3 Å². The summed E-state index contributed by atoms with van der Waals surface area (Å²) in [4.78, 5) is 28.1. The van der Waals surface area contributed by atoms with Crippen LogP contribution in [0.2, 0.25) is 0 Å². The molecule has 0 aliphatic carbocycles. The summed E-state index contributed by atoms with van der Waals surface area (Å²) in [5, 5.41) is 9.83. The molecule has 29 heavy (non-hydrogen) atoms. The van der Waals surface area contributed by atoms with Gasteiger partial charge in [-0.1, -0.05) is 40.7 Å². The lowest BCUT2D eigenvalue weighted by Gasteiger charge is -2.32. The number of fused-ring (bicyclic) bond motifs is 1. The van der Waals surface area contributed by atoms with Crippen LogP contribution < -0.4 is 15.8 Å². The van der Waals surface area contributed by atoms with E-state index in [4.69, 9.17) is 0 Å². The van der Waals surface area contributed by atoms with E-state index in [1.165, 1.54) is 20.9 Å². The van der Waals surface area contributed by atoms with Crippen molar-refractivity contribution in [3.8, 4) is 16.2 Å². The van der Waals surface area contributed by atoms with Gasteiger partial charge in [0.25, 0.3) is 5.43 Å². The summed E-state index contributed by atoms with van der Waals surface area (Å²) in [6, 6.07) is 11.0. The third-order valence-electron chi connectivity index (χ3n) is 6.38. The van der Waals surface area contributed by atoms with Crippen molar-refractivity contribution >= 4 is 17.0 Å². The molecule has 0 saturated carbocycles. The Labute approximate surface area is 175 Å². The standard InChI is InChI=1S/C24H27NO3S/c1-23(2,3)19-10-9-17(29-19)13-7-8-16-15(11-13)24(4,5)18(25(16)6)12-14-20(26)22(28)21(14)27/h7-11,18,26H,12H2,1-6H3. The second-order valence-corrected chi connectivity index (χ2v) is 10.8. The van der Waals surface area contributed by atoms with Gasteiger partial charge in [-0.05, 0) is 40.8 Å². The molecule has 1 aliphatic heterocycles. The first-order chi connectivity index (χ1) is 13.4. The second-order valence-electron chi connectivity index (χ2n) is 9.68. The Balaban J connectivity index is 1.71. The maximum absolute atomic E-state index is 11.9. The molecule has 0 saturated heterocycles. The number of hydrogen-bond donors (Lipinski definition) is 1. The van der Waals surface area contributed by atoms with Crippen LogP contribution in [0.25, 0.3) is 10.4 Å². The van der Waals surface area contributed by atoms with Crippen molar-refractivity contribution in [2.24, 2.45) is 0 Å². The molecule has 1 aliphatic rings. The third kappa shape index (κ3) is 2.94. The molecular weight excluding hydrogens is 382 g/mol. The van der Waals surface area contributed by atoms with Crippen molar-refractivity contribution in [1.29, 1.82) is 0 Å². The maximum atomic E-state index is 11.9. The molecule has 3 aromatic rings. The van der Waals surface area contributed by atoms with Crippen molar-refractivity contribution < 1.29 is 5.11 Å². The molecule has 0 amide bonds. The highest BCUT2D eigenvalue weighted by atomic mass is 32.1. The molecule has 4 rings (SSSR count). The van der Waals surface area contributed by atoms with E-state index >= 15 is 0 Å². The van der Waals surface area contributed by atoms with Crippen LogP contribution in [0.5, 0.6) is 5.75 Å². The maximum Gasteiger partial charge on any atom is 0.267 e. The number of likely N-dealkylation sites (N-methyl/N-ethyl adjacent to an activating group) is 1. The lowest BCUT2D eigenvalue weighted by Crippen LogP contribution is -2.45. The molecule has 0 spiro atoms. The molecule has 152 valence electrons. The van der Waals surface area contributed by atoms with E-state index < -0.39 is 10.9 Å². The monoisotopic (exact) mass is 409 g/mol. The van der Waals surface area contributed by atoms with Gasteiger partial charge in [0, 0.05) is 40.4 Å². The van der Waals surface area contributed by atoms with E-state index in [1.54, 1.807) is 0 Å². The number of benzene rings is 1. The summed E-state index contributed by atoms with van der Waals surface area (Å²) in [5.74, 6) is -0.357. The first kappa shape index (κ1) is 19.9. The number of rotatable bonds is 3. The lowest BCUT2D eigenvalue weighted by atomic mass is 9.77. The van der Waals surface area contributed by atoms with E-state index in [0.717, 1.165) is 5.69 Å². The van der Waals surface area contributed by atoms with Gasteiger partial charge in [-0.25, -0.2) is 0 Å². The summed E-state index contributed by atoms with van der Waals surface area (Å²) in [6.07, 6.45) is 0.372. The van der Waals surface area contributed by atoms with Gasteiger partial charge in [0.2, 0.25) is 5.43 Å². The molecule has 4 nitrogen and oxygen atoms in total. The smallest absolute Gasteiger partial charge is 0.267 e. The van der Waals surface area contributed by atoms with E-state index in [0.29, 0.717) is 6.42 Å². The number of hydrogen-bond acceptors (Lipinski definition) is 5. The Morgan fingerprint density at radius 1 is 1.10 bits per heavy atom. The molecule has 1 unspecified atom stereocenters. The first-order valence-corrected chi connectivity index (χ1v) is 10.7. The number of aromatic hydroxyl groups is 1. The molecule has 0 fully saturated rings. The van der Waals surface area contributed by atoms with Crippen LogP contribution in [0.3, 0.4) is 0 Å². The van der Waals surface area contributed by atoms with Gasteiger partial charge in [0.05, 0.1) is 5.56 Å². The summed E-state index contributed by atoms with van der Waals surface area (Å²) >= 11 is 1.83. The summed E-state index contributed by atoms with van der Waals surface area (Å²) in [7, 11) is 2.02. The van der Waals surface area contributed by atoms with Crippen LogP contribution in [-0.4, -0.2) is 18.2 Å². The zero-order chi connectivity index (χ0) is 21.3. The highest BCUT2D eigenvalue weighted by Crippen LogP contribution is 2.47. The molecule has 0 bridgehead atoms. The molecular formula is C24H27NO3S. The number of anilines is 1. The van der Waals surface area contributed by atoms with E-state index in [9.17, 15) is 14.7 Å². The minimum atomic E-state index is -0.759. The van der Waals surface area contributed by atoms with Crippen LogP contribution in [0.1, 0.15) is 50.6 Å². The predicted octanol–water partition coefficient (Wildman–Crippen LogP) is 4.35. The Morgan fingerprint density at radius 2 is 1.79 bits per heavy atom. The molecule has 5 heteroatoms. The minimum absolute atomic E-state index is 0.00424. The topological polar surface area (TPSA) is 57.6 Å². The van der Waals surface area contributed by atoms with Crippen molar-refractivity contribution in [1.82, 2.24) is 0 Å². The van der Waals surface area contributed by atoms with Crippen molar-refractivity contribution in [2.75, 3.05) is 11.9 Å². The van der Waals surface area contributed by atoms with Crippen molar-refractivity contribution in [3.05, 3.63) is 66.8 Å². The van der Waals surface area contributed by atoms with Crippen LogP contribution >= 0.6 is 11.3 Å². The van der Waals surface area contributed by atoms with Crippen LogP contribution in [-0.2, 0) is 17.3 Å². The van der Waals surface area contributed by atoms with E-state index in [-0.39, 0.29) is 28.2 Å². The summed E-state index contributed by atoms with van der Waals surface area (Å²) in [6.45, 7) is 11.0. The van der Waals surface area contributed by atoms with E-state index in [2.05, 4.69) is 69.9 Å². The quantitative estimate of drug-likeness (QED) is 0.654. The van der Waals surface area contributed by atoms with Gasteiger partial charge in [0.15, 0.2) is 5.75 Å². The van der Waals surface area contributed by atoms with Gasteiger partial charge in [0.1, 0.15) is 0 Å². The highest BCUT2D eigenvalue weighted by molar-refractivity contribution is 7.15. The van der Waals surface area contributed by atoms with Gasteiger partial charge >= 0.3 is 0 Å². The van der Waals surface area contributed by atoms with Crippen LogP contribution in [0.15, 0.2) is 39.9 Å². The Morgan fingerprint density at radius 3 is 2.38 bits per heavy atom. The zero-order valence-electron chi connectivity index (χ0n) is 17.8. The summed E-state index contributed by atoms with van der Waals surface area (Å²) < 4.78 is 0. The fraction of sp³-hybridized carbons (Fsp3) is 0.417. The van der Waals surface area contributed by atoms with Gasteiger partial charge in [-0.2, -0.15) is 0 Å². The van der Waals surface area contributed by atoms with Crippen LogP contribution in [0.4, 0.5) is 5.69 Å². The summed E-state index contributed by atoms with van der Waals surface area (Å²) in [5.41, 5.74) is 2.43.